The molecule has 1 saturated carbocycles. The number of fused-ring (bicyclic) bond motifs is 1. The molecular weight excluding hydrogens is 222 g/mol. The first kappa shape index (κ1) is 12.2. The molecule has 0 aromatic heterocycles. The SMILES string of the molecule is OC1(CN2CCCc3ccccc3C2)CCCC1. The number of nitrogens with zero attached hydrogens (tertiary/aromatic N) is 1. The van der Waals surface area contributed by atoms with Gasteiger partial charge in [0.05, 0.1) is 5.60 Å². The van der Waals surface area contributed by atoms with Gasteiger partial charge in [0.15, 0.2) is 0 Å². The minimum absolute atomic E-state index is 0.403. The van der Waals surface area contributed by atoms with Crippen molar-refractivity contribution in [3.8, 4) is 0 Å². The molecule has 2 aliphatic rings. The predicted octanol–water partition coefficient (Wildman–Crippen LogP) is 2.74. The van der Waals surface area contributed by atoms with Gasteiger partial charge < -0.3 is 5.11 Å². The number of benzene rings is 1. The molecule has 1 aliphatic heterocycles. The van der Waals surface area contributed by atoms with Crippen LogP contribution in [-0.4, -0.2) is 28.7 Å². The molecule has 1 fully saturated rings. The summed E-state index contributed by atoms with van der Waals surface area (Å²) in [7, 11) is 0. The van der Waals surface area contributed by atoms with Crippen molar-refractivity contribution < 1.29 is 5.11 Å². The van der Waals surface area contributed by atoms with Crippen molar-refractivity contribution in [2.75, 3.05) is 13.1 Å². The summed E-state index contributed by atoms with van der Waals surface area (Å²) < 4.78 is 0. The Morgan fingerprint density at radius 3 is 2.56 bits per heavy atom. The molecule has 0 amide bonds. The second-order valence-corrected chi connectivity index (χ2v) is 6.01. The molecule has 2 nitrogen and oxygen atoms in total. The van der Waals surface area contributed by atoms with Gasteiger partial charge in [0, 0.05) is 13.1 Å². The van der Waals surface area contributed by atoms with Gasteiger partial charge >= 0.3 is 0 Å². The topological polar surface area (TPSA) is 23.5 Å². The summed E-state index contributed by atoms with van der Waals surface area (Å²) in [6, 6.07) is 8.76. The van der Waals surface area contributed by atoms with Gasteiger partial charge in [0.2, 0.25) is 0 Å². The van der Waals surface area contributed by atoms with Gasteiger partial charge in [-0.2, -0.15) is 0 Å². The molecule has 18 heavy (non-hydrogen) atoms. The number of aliphatic hydroxyl groups is 1. The highest BCUT2D eigenvalue weighted by molar-refractivity contribution is 5.28. The van der Waals surface area contributed by atoms with Crippen molar-refractivity contribution in [1.82, 2.24) is 4.90 Å². The monoisotopic (exact) mass is 245 g/mol. The van der Waals surface area contributed by atoms with Crippen LogP contribution in [0.5, 0.6) is 0 Å². The van der Waals surface area contributed by atoms with Crippen LogP contribution in [0.3, 0.4) is 0 Å². The van der Waals surface area contributed by atoms with E-state index in [9.17, 15) is 5.11 Å². The van der Waals surface area contributed by atoms with E-state index in [1.807, 2.05) is 0 Å². The van der Waals surface area contributed by atoms with Gasteiger partial charge in [-0.05, 0) is 43.4 Å². The van der Waals surface area contributed by atoms with Crippen LogP contribution < -0.4 is 0 Å². The van der Waals surface area contributed by atoms with E-state index in [0.29, 0.717) is 0 Å². The zero-order valence-corrected chi connectivity index (χ0v) is 11.1. The lowest BCUT2D eigenvalue weighted by atomic mass is 10.0. The molecule has 2 heteroatoms. The summed E-state index contributed by atoms with van der Waals surface area (Å²) in [6.45, 7) is 3.00. The zero-order valence-electron chi connectivity index (χ0n) is 11.1. The first-order chi connectivity index (χ1) is 8.75. The van der Waals surface area contributed by atoms with Gasteiger partial charge in [0.1, 0.15) is 0 Å². The van der Waals surface area contributed by atoms with Gasteiger partial charge in [-0.1, -0.05) is 37.1 Å². The Morgan fingerprint density at radius 1 is 1.06 bits per heavy atom. The van der Waals surface area contributed by atoms with Crippen molar-refractivity contribution in [3.05, 3.63) is 35.4 Å². The van der Waals surface area contributed by atoms with E-state index in [4.69, 9.17) is 0 Å². The standard InChI is InChI=1S/C16H23NO/c18-16(9-3-4-10-16)13-17-11-5-8-14-6-1-2-7-15(14)12-17/h1-2,6-7,18H,3-5,8-13H2. The number of β-amino-alcohol motifs (C(OH)–C–C–N with tert-alkyl or cyclic N) is 1. The minimum Gasteiger partial charge on any atom is -0.389 e. The Kier molecular flexibility index (Phi) is 3.40. The highest BCUT2D eigenvalue weighted by Gasteiger charge is 2.33. The molecule has 0 spiro atoms. The average molecular weight is 245 g/mol. The van der Waals surface area contributed by atoms with Crippen molar-refractivity contribution in [2.45, 2.75) is 50.7 Å². The third-order valence-corrected chi connectivity index (χ3v) is 4.48. The number of aryl methyl sites for hydroxylation is 1. The summed E-state index contributed by atoms with van der Waals surface area (Å²) in [4.78, 5) is 2.46. The van der Waals surface area contributed by atoms with Crippen molar-refractivity contribution in [1.29, 1.82) is 0 Å². The maximum Gasteiger partial charge on any atom is 0.0774 e. The summed E-state index contributed by atoms with van der Waals surface area (Å²) >= 11 is 0. The largest absolute Gasteiger partial charge is 0.389 e. The van der Waals surface area contributed by atoms with E-state index in [0.717, 1.165) is 32.5 Å². The first-order valence-corrected chi connectivity index (χ1v) is 7.27. The average Bonchev–Trinajstić information content (AvgIpc) is 2.68. The first-order valence-electron chi connectivity index (χ1n) is 7.27. The van der Waals surface area contributed by atoms with Crippen LogP contribution in [0.1, 0.15) is 43.2 Å². The van der Waals surface area contributed by atoms with Crippen LogP contribution in [0.2, 0.25) is 0 Å². The molecule has 0 radical (unpaired) electrons. The Labute approximate surface area is 110 Å². The van der Waals surface area contributed by atoms with Crippen LogP contribution in [0, 0.1) is 0 Å². The van der Waals surface area contributed by atoms with E-state index in [2.05, 4.69) is 29.2 Å². The van der Waals surface area contributed by atoms with Crippen LogP contribution in [0.4, 0.5) is 0 Å². The van der Waals surface area contributed by atoms with Gasteiger partial charge in [0.25, 0.3) is 0 Å². The van der Waals surface area contributed by atoms with Crippen LogP contribution in [0.15, 0.2) is 24.3 Å². The number of rotatable bonds is 2. The Bertz CT molecular complexity index is 409. The normalized spacial score (nSPS) is 23.6. The predicted molar refractivity (Wildman–Crippen MR) is 73.5 cm³/mol. The lowest BCUT2D eigenvalue weighted by Crippen LogP contribution is -2.40. The molecule has 98 valence electrons. The van der Waals surface area contributed by atoms with Crippen LogP contribution in [-0.2, 0) is 13.0 Å². The van der Waals surface area contributed by atoms with Gasteiger partial charge in [-0.25, -0.2) is 0 Å². The fourth-order valence-corrected chi connectivity index (χ4v) is 3.51. The third kappa shape index (κ3) is 2.60. The zero-order chi connectivity index (χ0) is 12.4. The second kappa shape index (κ2) is 5.02. The highest BCUT2D eigenvalue weighted by Crippen LogP contribution is 2.31. The summed E-state index contributed by atoms with van der Waals surface area (Å²) in [5, 5.41) is 10.5. The summed E-state index contributed by atoms with van der Waals surface area (Å²) in [5.41, 5.74) is 2.55. The molecule has 1 aliphatic carbocycles. The number of hydrogen-bond donors (Lipinski definition) is 1. The lowest BCUT2D eigenvalue weighted by Gasteiger charge is -2.30. The van der Waals surface area contributed by atoms with Gasteiger partial charge in [-0.15, -0.1) is 0 Å². The molecule has 1 N–H and O–H groups in total. The van der Waals surface area contributed by atoms with Crippen molar-refractivity contribution >= 4 is 0 Å². The van der Waals surface area contributed by atoms with E-state index < -0.39 is 5.60 Å². The number of hydrogen-bond acceptors (Lipinski definition) is 2. The van der Waals surface area contributed by atoms with E-state index in [1.54, 1.807) is 0 Å². The molecule has 1 heterocycles. The minimum atomic E-state index is -0.403. The maximum absolute atomic E-state index is 10.5. The second-order valence-electron chi connectivity index (χ2n) is 6.01. The molecule has 1 aromatic rings. The van der Waals surface area contributed by atoms with E-state index in [-0.39, 0.29) is 0 Å². The van der Waals surface area contributed by atoms with Gasteiger partial charge in [-0.3, -0.25) is 4.90 Å². The Morgan fingerprint density at radius 2 is 1.78 bits per heavy atom. The summed E-state index contributed by atoms with van der Waals surface area (Å²) in [6.07, 6.45) is 6.77. The van der Waals surface area contributed by atoms with Crippen molar-refractivity contribution in [2.24, 2.45) is 0 Å². The molecule has 0 bridgehead atoms. The van der Waals surface area contributed by atoms with Crippen LogP contribution >= 0.6 is 0 Å². The quantitative estimate of drug-likeness (QED) is 0.866. The molecule has 3 rings (SSSR count). The molecule has 0 atom stereocenters. The molecular formula is C16H23NO. The maximum atomic E-state index is 10.5. The molecule has 1 aromatic carbocycles. The fraction of sp³-hybridized carbons (Fsp3) is 0.625. The fourth-order valence-electron chi connectivity index (χ4n) is 3.51. The summed E-state index contributed by atoms with van der Waals surface area (Å²) in [5.74, 6) is 0. The Balaban J connectivity index is 1.71. The van der Waals surface area contributed by atoms with E-state index >= 15 is 0 Å². The highest BCUT2D eigenvalue weighted by atomic mass is 16.3. The lowest BCUT2D eigenvalue weighted by molar-refractivity contribution is 0.00744. The molecule has 0 saturated heterocycles. The van der Waals surface area contributed by atoms with Crippen molar-refractivity contribution in [3.63, 3.8) is 0 Å². The smallest absolute Gasteiger partial charge is 0.0774 e. The third-order valence-electron chi connectivity index (χ3n) is 4.48. The van der Waals surface area contributed by atoms with E-state index in [1.165, 1.54) is 36.8 Å². The Hall–Kier alpha value is -0.860. The van der Waals surface area contributed by atoms with Crippen LogP contribution in [0.25, 0.3) is 0 Å². The molecule has 0 unspecified atom stereocenters.